The maximum absolute atomic E-state index is 6.12. The van der Waals surface area contributed by atoms with Gasteiger partial charge in [0.1, 0.15) is 5.75 Å². The van der Waals surface area contributed by atoms with Gasteiger partial charge in [0.25, 0.3) is 0 Å². The largest absolute Gasteiger partial charge is 0.493 e. The van der Waals surface area contributed by atoms with Crippen LogP contribution in [0, 0.1) is 0 Å². The molecule has 0 bridgehead atoms. The molecule has 4 nitrogen and oxygen atoms in total. The van der Waals surface area contributed by atoms with Crippen molar-refractivity contribution in [2.45, 2.75) is 25.8 Å². The summed E-state index contributed by atoms with van der Waals surface area (Å²) < 4.78 is 6.12. The highest BCUT2D eigenvalue weighted by Crippen LogP contribution is 2.21. The highest BCUT2D eigenvalue weighted by molar-refractivity contribution is 5.33. The molecule has 0 spiro atoms. The lowest BCUT2D eigenvalue weighted by Gasteiger charge is -2.34. The van der Waals surface area contributed by atoms with Gasteiger partial charge in [0.15, 0.2) is 0 Å². The molecule has 0 aromatic heterocycles. The molecule has 0 radical (unpaired) electrons. The smallest absolute Gasteiger partial charge is 0.123 e. The van der Waals surface area contributed by atoms with Crippen LogP contribution >= 0.6 is 0 Å². The van der Waals surface area contributed by atoms with Gasteiger partial charge in [-0.15, -0.1) is 0 Å². The molecule has 2 aromatic rings. The quantitative estimate of drug-likeness (QED) is 0.655. The van der Waals surface area contributed by atoms with E-state index in [1.807, 2.05) is 0 Å². The molecule has 4 heteroatoms. The molecular weight excluding hydrogens is 334 g/mol. The van der Waals surface area contributed by atoms with Crippen molar-refractivity contribution in [2.24, 2.45) is 5.73 Å². The number of nitrogens with two attached hydrogens (primary N) is 1. The molecule has 0 atom stereocenters. The van der Waals surface area contributed by atoms with E-state index in [1.54, 1.807) is 0 Å². The van der Waals surface area contributed by atoms with Crippen molar-refractivity contribution in [3.05, 3.63) is 65.7 Å². The van der Waals surface area contributed by atoms with Crippen LogP contribution in [0.15, 0.2) is 54.6 Å². The van der Waals surface area contributed by atoms with E-state index >= 15 is 0 Å². The first kappa shape index (κ1) is 19.9. The average Bonchev–Trinajstić information content (AvgIpc) is 2.72. The molecule has 0 amide bonds. The van der Waals surface area contributed by atoms with Gasteiger partial charge in [-0.3, -0.25) is 4.90 Å². The summed E-state index contributed by atoms with van der Waals surface area (Å²) >= 11 is 0. The molecule has 1 saturated heterocycles. The molecule has 0 unspecified atom stereocenters. The number of nitrogens with zero attached hydrogens (tertiary/aromatic N) is 2. The van der Waals surface area contributed by atoms with Crippen LogP contribution in [-0.4, -0.2) is 55.7 Å². The Balaban J connectivity index is 1.43. The van der Waals surface area contributed by atoms with Crippen LogP contribution in [0.25, 0.3) is 0 Å². The third-order valence-electron chi connectivity index (χ3n) is 5.22. The molecule has 2 aromatic carbocycles. The number of rotatable bonds is 10. The van der Waals surface area contributed by atoms with Crippen LogP contribution in [0.2, 0.25) is 0 Å². The third kappa shape index (κ3) is 6.65. The lowest BCUT2D eigenvalue weighted by Crippen LogP contribution is -2.46. The molecule has 2 N–H and O–H groups in total. The van der Waals surface area contributed by atoms with Crippen molar-refractivity contribution in [2.75, 3.05) is 45.9 Å². The van der Waals surface area contributed by atoms with Gasteiger partial charge in [-0.2, -0.15) is 0 Å². The van der Waals surface area contributed by atoms with Crippen LogP contribution in [0.1, 0.15) is 24.0 Å². The number of ether oxygens (including phenoxy) is 1. The fourth-order valence-corrected chi connectivity index (χ4v) is 3.61. The SMILES string of the molecule is NCCCN1CCN(Cc2ccccc2OCCCc2ccccc2)CC1. The zero-order valence-electron chi connectivity index (χ0n) is 16.4. The summed E-state index contributed by atoms with van der Waals surface area (Å²) in [4.78, 5) is 5.06. The number of para-hydroxylation sites is 1. The van der Waals surface area contributed by atoms with Crippen molar-refractivity contribution in [3.8, 4) is 5.75 Å². The summed E-state index contributed by atoms with van der Waals surface area (Å²) in [5.74, 6) is 1.04. The first-order valence-electron chi connectivity index (χ1n) is 10.2. The van der Waals surface area contributed by atoms with Crippen LogP contribution < -0.4 is 10.5 Å². The minimum atomic E-state index is 0.763. The van der Waals surface area contributed by atoms with Gasteiger partial charge >= 0.3 is 0 Å². The second-order valence-corrected chi connectivity index (χ2v) is 7.31. The molecule has 3 rings (SSSR count). The van der Waals surface area contributed by atoms with Crippen molar-refractivity contribution < 1.29 is 4.74 Å². The second kappa shape index (κ2) is 11.1. The van der Waals surface area contributed by atoms with Gasteiger partial charge in [-0.1, -0.05) is 48.5 Å². The molecule has 0 aliphatic carbocycles. The van der Waals surface area contributed by atoms with Gasteiger partial charge in [0.05, 0.1) is 6.61 Å². The summed E-state index contributed by atoms with van der Waals surface area (Å²) in [6.45, 7) is 8.17. The summed E-state index contributed by atoms with van der Waals surface area (Å²) in [5, 5.41) is 0. The Morgan fingerprint density at radius 1 is 0.815 bits per heavy atom. The zero-order valence-corrected chi connectivity index (χ0v) is 16.4. The van der Waals surface area contributed by atoms with Gasteiger partial charge in [-0.05, 0) is 44.0 Å². The molecular formula is C23H33N3O. The van der Waals surface area contributed by atoms with Gasteiger partial charge in [0, 0.05) is 38.3 Å². The Morgan fingerprint density at radius 3 is 2.30 bits per heavy atom. The average molecular weight is 368 g/mol. The molecule has 1 aliphatic rings. The zero-order chi connectivity index (χ0) is 18.7. The Labute approximate surface area is 163 Å². The van der Waals surface area contributed by atoms with E-state index in [4.69, 9.17) is 10.5 Å². The van der Waals surface area contributed by atoms with Gasteiger partial charge in [0.2, 0.25) is 0 Å². The second-order valence-electron chi connectivity index (χ2n) is 7.31. The maximum Gasteiger partial charge on any atom is 0.123 e. The minimum absolute atomic E-state index is 0.763. The Hall–Kier alpha value is -1.88. The van der Waals surface area contributed by atoms with Gasteiger partial charge in [-0.25, -0.2) is 0 Å². The predicted molar refractivity (Wildman–Crippen MR) is 112 cm³/mol. The number of aryl methyl sites for hydroxylation is 1. The highest BCUT2D eigenvalue weighted by atomic mass is 16.5. The molecule has 1 heterocycles. The van der Waals surface area contributed by atoms with Crippen LogP contribution in [0.4, 0.5) is 0 Å². The fraction of sp³-hybridized carbons (Fsp3) is 0.478. The van der Waals surface area contributed by atoms with Crippen molar-refractivity contribution >= 4 is 0 Å². The van der Waals surface area contributed by atoms with E-state index in [0.29, 0.717) is 0 Å². The third-order valence-corrected chi connectivity index (χ3v) is 5.22. The van der Waals surface area contributed by atoms with E-state index in [9.17, 15) is 0 Å². The lowest BCUT2D eigenvalue weighted by molar-refractivity contribution is 0.125. The van der Waals surface area contributed by atoms with E-state index < -0.39 is 0 Å². The lowest BCUT2D eigenvalue weighted by atomic mass is 10.1. The Bertz CT molecular complexity index is 654. The topological polar surface area (TPSA) is 41.7 Å². The van der Waals surface area contributed by atoms with E-state index in [2.05, 4.69) is 64.4 Å². The Kier molecular flexibility index (Phi) is 8.15. The molecule has 146 valence electrons. The van der Waals surface area contributed by atoms with Crippen molar-refractivity contribution in [1.82, 2.24) is 9.80 Å². The molecule has 1 fully saturated rings. The first-order valence-corrected chi connectivity index (χ1v) is 10.2. The maximum atomic E-state index is 6.12. The van der Waals surface area contributed by atoms with Crippen molar-refractivity contribution in [1.29, 1.82) is 0 Å². The number of hydrogen-bond acceptors (Lipinski definition) is 4. The highest BCUT2D eigenvalue weighted by Gasteiger charge is 2.17. The molecule has 1 aliphatic heterocycles. The van der Waals surface area contributed by atoms with Gasteiger partial charge < -0.3 is 15.4 Å². The standard InChI is InChI=1S/C23H33N3O/c24-13-7-14-25-15-17-26(18-16-25)20-22-11-4-5-12-23(22)27-19-6-10-21-8-2-1-3-9-21/h1-5,8-9,11-12H,6-7,10,13-20,24H2. The van der Waals surface area contributed by atoms with Crippen molar-refractivity contribution in [3.63, 3.8) is 0 Å². The molecule has 27 heavy (non-hydrogen) atoms. The number of piperazine rings is 1. The molecule has 0 saturated carbocycles. The summed E-state index contributed by atoms with van der Waals surface area (Å²) in [5.41, 5.74) is 8.30. The predicted octanol–water partition coefficient (Wildman–Crippen LogP) is 3.16. The van der Waals surface area contributed by atoms with Crippen LogP contribution in [0.5, 0.6) is 5.75 Å². The van der Waals surface area contributed by atoms with Crippen LogP contribution in [0.3, 0.4) is 0 Å². The fourth-order valence-electron chi connectivity index (χ4n) is 3.61. The first-order chi connectivity index (χ1) is 13.3. The summed E-state index contributed by atoms with van der Waals surface area (Å²) in [7, 11) is 0. The normalized spacial score (nSPS) is 15.7. The van der Waals surface area contributed by atoms with Crippen LogP contribution in [-0.2, 0) is 13.0 Å². The minimum Gasteiger partial charge on any atom is -0.493 e. The van der Waals surface area contributed by atoms with E-state index in [-0.39, 0.29) is 0 Å². The monoisotopic (exact) mass is 367 g/mol. The number of benzene rings is 2. The van der Waals surface area contributed by atoms with E-state index in [0.717, 1.165) is 77.4 Å². The summed E-state index contributed by atoms with van der Waals surface area (Å²) in [6, 6.07) is 19.1. The number of hydrogen-bond donors (Lipinski definition) is 1. The Morgan fingerprint density at radius 2 is 1.52 bits per heavy atom. The van der Waals surface area contributed by atoms with E-state index in [1.165, 1.54) is 11.1 Å². The summed E-state index contributed by atoms with van der Waals surface area (Å²) in [6.07, 6.45) is 3.20.